The van der Waals surface area contributed by atoms with Gasteiger partial charge in [0.15, 0.2) is 0 Å². The lowest BCUT2D eigenvalue weighted by molar-refractivity contribution is 0.415. The lowest BCUT2D eigenvalue weighted by atomic mass is 10.1. The van der Waals surface area contributed by atoms with Crippen LogP contribution in [0, 0.1) is 5.82 Å². The Morgan fingerprint density at radius 2 is 2.14 bits per heavy atom. The summed E-state index contributed by atoms with van der Waals surface area (Å²) in [6.07, 6.45) is 0.672. The largest absolute Gasteiger partial charge is 0.497 e. The van der Waals surface area contributed by atoms with E-state index in [1.165, 1.54) is 6.07 Å². The number of fused-ring (bicyclic) bond motifs is 3. The highest BCUT2D eigenvalue weighted by atomic mass is 19.1. The fourth-order valence-electron chi connectivity index (χ4n) is 2.84. The molecule has 0 aliphatic heterocycles. The molecule has 1 aromatic heterocycles. The van der Waals surface area contributed by atoms with Crippen molar-refractivity contribution in [3.63, 3.8) is 0 Å². The van der Waals surface area contributed by atoms with Crippen LogP contribution in [0.4, 0.5) is 15.9 Å². The van der Waals surface area contributed by atoms with E-state index in [4.69, 9.17) is 4.74 Å². The molecule has 0 bridgehead atoms. The summed E-state index contributed by atoms with van der Waals surface area (Å²) >= 11 is 0. The molecule has 0 spiro atoms. The van der Waals surface area contributed by atoms with E-state index in [0.717, 1.165) is 39.6 Å². The molecule has 110 valence electrons. The Kier molecular flexibility index (Phi) is 2.85. The summed E-state index contributed by atoms with van der Waals surface area (Å²) in [4.78, 5) is 0. The summed E-state index contributed by atoms with van der Waals surface area (Å²) in [5.41, 5.74) is 4.82. The Morgan fingerprint density at radius 1 is 1.23 bits per heavy atom. The van der Waals surface area contributed by atoms with Crippen molar-refractivity contribution in [2.45, 2.75) is 6.42 Å². The molecule has 1 aliphatic rings. The Labute approximate surface area is 126 Å². The third-order valence-electron chi connectivity index (χ3n) is 3.90. The summed E-state index contributed by atoms with van der Waals surface area (Å²) in [5.74, 6) is 1.40. The number of halogens is 1. The maximum atomic E-state index is 13.4. The number of ether oxygens (including phenoxy) is 1. The summed E-state index contributed by atoms with van der Waals surface area (Å²) in [5, 5.41) is 10.7. The van der Waals surface area contributed by atoms with Gasteiger partial charge in [-0.15, -0.1) is 0 Å². The van der Waals surface area contributed by atoms with Gasteiger partial charge in [0.2, 0.25) is 0 Å². The molecule has 0 radical (unpaired) electrons. The monoisotopic (exact) mass is 295 g/mol. The summed E-state index contributed by atoms with van der Waals surface area (Å²) < 4.78 is 18.6. The van der Waals surface area contributed by atoms with Gasteiger partial charge in [-0.2, -0.15) is 5.10 Å². The van der Waals surface area contributed by atoms with Crippen LogP contribution >= 0.6 is 0 Å². The van der Waals surface area contributed by atoms with Gasteiger partial charge < -0.3 is 10.1 Å². The number of rotatable bonds is 3. The molecule has 0 atom stereocenters. The average Bonchev–Trinajstić information content (AvgIpc) is 3.07. The number of hydrogen-bond acceptors (Lipinski definition) is 3. The molecule has 0 saturated heterocycles. The highest BCUT2D eigenvalue weighted by Crippen LogP contribution is 2.39. The second-order valence-electron chi connectivity index (χ2n) is 5.26. The molecular weight excluding hydrogens is 281 g/mol. The second kappa shape index (κ2) is 4.87. The predicted molar refractivity (Wildman–Crippen MR) is 83.1 cm³/mol. The lowest BCUT2D eigenvalue weighted by Crippen LogP contribution is -1.95. The standard InChI is InChI=1S/C17H14FN3O/c1-22-13-4-2-3-12(9-13)19-17-15-8-10-7-11(18)5-6-14(10)16(15)20-21-17/h2-7,9H,8H2,1H3,(H2,19,20,21). The van der Waals surface area contributed by atoms with E-state index in [1.807, 2.05) is 24.3 Å². The zero-order valence-corrected chi connectivity index (χ0v) is 12.0. The lowest BCUT2D eigenvalue weighted by Gasteiger charge is -2.07. The first-order valence-electron chi connectivity index (χ1n) is 7.02. The Balaban J connectivity index is 1.68. The normalized spacial score (nSPS) is 11.9. The smallest absolute Gasteiger partial charge is 0.130 e. The summed E-state index contributed by atoms with van der Waals surface area (Å²) in [6, 6.07) is 12.5. The number of anilines is 2. The first-order valence-corrected chi connectivity index (χ1v) is 7.02. The van der Waals surface area contributed by atoms with E-state index in [9.17, 15) is 4.39 Å². The third kappa shape index (κ3) is 2.02. The first-order chi connectivity index (χ1) is 10.7. The van der Waals surface area contributed by atoms with Crippen LogP contribution < -0.4 is 10.1 Å². The molecule has 4 nitrogen and oxygen atoms in total. The molecule has 1 aliphatic carbocycles. The number of aromatic nitrogens is 2. The minimum absolute atomic E-state index is 0.213. The molecule has 3 aromatic rings. The van der Waals surface area contributed by atoms with Gasteiger partial charge in [-0.25, -0.2) is 4.39 Å². The molecule has 4 rings (SSSR count). The first kappa shape index (κ1) is 12.9. The maximum absolute atomic E-state index is 13.4. The van der Waals surface area contributed by atoms with Gasteiger partial charge in [0, 0.05) is 29.3 Å². The van der Waals surface area contributed by atoms with E-state index in [1.54, 1.807) is 19.2 Å². The molecule has 5 heteroatoms. The second-order valence-corrected chi connectivity index (χ2v) is 5.26. The third-order valence-corrected chi connectivity index (χ3v) is 3.90. The van der Waals surface area contributed by atoms with E-state index in [-0.39, 0.29) is 5.82 Å². The van der Waals surface area contributed by atoms with Crippen LogP contribution in [0.1, 0.15) is 11.1 Å². The van der Waals surface area contributed by atoms with Gasteiger partial charge >= 0.3 is 0 Å². The molecule has 1 heterocycles. The predicted octanol–water partition coefficient (Wildman–Crippen LogP) is 3.87. The number of methoxy groups -OCH3 is 1. The van der Waals surface area contributed by atoms with Gasteiger partial charge in [-0.05, 0) is 35.9 Å². The minimum atomic E-state index is -0.213. The number of benzene rings is 2. The van der Waals surface area contributed by atoms with Crippen LogP contribution in [-0.4, -0.2) is 17.3 Å². The van der Waals surface area contributed by atoms with Crippen LogP contribution in [0.25, 0.3) is 11.3 Å². The fourth-order valence-corrected chi connectivity index (χ4v) is 2.84. The highest BCUT2D eigenvalue weighted by Gasteiger charge is 2.25. The van der Waals surface area contributed by atoms with E-state index >= 15 is 0 Å². The van der Waals surface area contributed by atoms with Crippen molar-refractivity contribution in [3.05, 3.63) is 59.4 Å². The van der Waals surface area contributed by atoms with Gasteiger partial charge in [0.25, 0.3) is 0 Å². The number of H-pyrrole nitrogens is 1. The van der Waals surface area contributed by atoms with Crippen LogP contribution in [0.5, 0.6) is 5.75 Å². The van der Waals surface area contributed by atoms with Crippen LogP contribution in [0.15, 0.2) is 42.5 Å². The molecule has 0 unspecified atom stereocenters. The highest BCUT2D eigenvalue weighted by molar-refractivity contribution is 5.79. The van der Waals surface area contributed by atoms with Crippen molar-refractivity contribution in [2.75, 3.05) is 12.4 Å². The summed E-state index contributed by atoms with van der Waals surface area (Å²) in [7, 11) is 1.64. The van der Waals surface area contributed by atoms with Crippen molar-refractivity contribution >= 4 is 11.5 Å². The molecule has 0 saturated carbocycles. The molecule has 0 amide bonds. The maximum Gasteiger partial charge on any atom is 0.130 e. The quantitative estimate of drug-likeness (QED) is 0.603. The minimum Gasteiger partial charge on any atom is -0.497 e. The van der Waals surface area contributed by atoms with Crippen molar-refractivity contribution in [3.8, 4) is 17.0 Å². The number of nitrogens with one attached hydrogen (secondary N) is 2. The van der Waals surface area contributed by atoms with Crippen molar-refractivity contribution in [1.29, 1.82) is 0 Å². The van der Waals surface area contributed by atoms with Gasteiger partial charge in [0.1, 0.15) is 17.4 Å². The average molecular weight is 295 g/mol. The zero-order chi connectivity index (χ0) is 15.1. The van der Waals surface area contributed by atoms with Crippen molar-refractivity contribution in [1.82, 2.24) is 10.2 Å². The Bertz CT molecular complexity index is 857. The van der Waals surface area contributed by atoms with Gasteiger partial charge in [0.05, 0.1) is 12.8 Å². The topological polar surface area (TPSA) is 49.9 Å². The van der Waals surface area contributed by atoms with Crippen LogP contribution in [-0.2, 0) is 6.42 Å². The number of hydrogen-bond donors (Lipinski definition) is 2. The van der Waals surface area contributed by atoms with Crippen LogP contribution in [0.2, 0.25) is 0 Å². The Morgan fingerprint density at radius 3 is 3.00 bits per heavy atom. The molecular formula is C17H14FN3O. The van der Waals surface area contributed by atoms with E-state index in [2.05, 4.69) is 15.5 Å². The van der Waals surface area contributed by atoms with Crippen LogP contribution in [0.3, 0.4) is 0 Å². The Hall–Kier alpha value is -2.82. The van der Waals surface area contributed by atoms with E-state index in [0.29, 0.717) is 6.42 Å². The summed E-state index contributed by atoms with van der Waals surface area (Å²) in [6.45, 7) is 0. The fraction of sp³-hybridized carbons (Fsp3) is 0.118. The SMILES string of the molecule is COc1cccc(Nc2[nH]nc3c2Cc2cc(F)ccc2-3)c1. The molecule has 2 N–H and O–H groups in total. The number of nitrogens with zero attached hydrogens (tertiary/aromatic N) is 1. The zero-order valence-electron chi connectivity index (χ0n) is 12.0. The van der Waals surface area contributed by atoms with Gasteiger partial charge in [-0.1, -0.05) is 6.07 Å². The molecule has 0 fully saturated rings. The van der Waals surface area contributed by atoms with Gasteiger partial charge in [-0.3, -0.25) is 5.10 Å². The number of aromatic amines is 1. The molecule has 2 aromatic carbocycles. The van der Waals surface area contributed by atoms with Crippen molar-refractivity contribution < 1.29 is 9.13 Å². The molecule has 22 heavy (non-hydrogen) atoms. The van der Waals surface area contributed by atoms with E-state index < -0.39 is 0 Å². The van der Waals surface area contributed by atoms with Crippen molar-refractivity contribution in [2.24, 2.45) is 0 Å².